The van der Waals surface area contributed by atoms with E-state index in [1.807, 2.05) is 12.1 Å². The van der Waals surface area contributed by atoms with Crippen molar-refractivity contribution in [3.8, 4) is 0 Å². The fraction of sp³-hybridized carbons (Fsp3) is 0.381. The highest BCUT2D eigenvalue weighted by Gasteiger charge is 2.01. The minimum Gasteiger partial charge on any atom is -0.478 e. The predicted octanol–water partition coefficient (Wildman–Crippen LogP) is 5.51. The summed E-state index contributed by atoms with van der Waals surface area (Å²) in [6.07, 6.45) is 9.87. The summed E-state index contributed by atoms with van der Waals surface area (Å²) in [4.78, 5) is 10.8. The molecule has 1 N–H and O–H groups in total. The Morgan fingerprint density at radius 1 is 0.652 bits per heavy atom. The van der Waals surface area contributed by atoms with Gasteiger partial charge in [0.25, 0.3) is 0 Å². The standard InChI is InChI=1S/C21H26O2/c22-21(23)20-16-14-19(15-17-20)13-7-4-2-1-3-6-10-18-11-8-5-9-12-18/h5,8-9,11-12,14-17H,1-4,6-7,10,13H2,(H,22,23). The van der Waals surface area contributed by atoms with E-state index in [0.717, 1.165) is 6.42 Å². The maximum Gasteiger partial charge on any atom is 0.335 e. The Morgan fingerprint density at radius 3 is 1.65 bits per heavy atom. The van der Waals surface area contributed by atoms with Gasteiger partial charge in [-0.05, 0) is 48.9 Å². The van der Waals surface area contributed by atoms with Crippen molar-refractivity contribution in [2.75, 3.05) is 0 Å². The van der Waals surface area contributed by atoms with Gasteiger partial charge in [-0.25, -0.2) is 4.79 Å². The van der Waals surface area contributed by atoms with Crippen molar-refractivity contribution in [3.05, 3.63) is 71.3 Å². The Bertz CT molecular complexity index is 573. The summed E-state index contributed by atoms with van der Waals surface area (Å²) < 4.78 is 0. The van der Waals surface area contributed by atoms with Crippen LogP contribution in [0.4, 0.5) is 0 Å². The lowest BCUT2D eigenvalue weighted by atomic mass is 10.0. The molecule has 0 atom stereocenters. The van der Waals surface area contributed by atoms with E-state index in [4.69, 9.17) is 5.11 Å². The van der Waals surface area contributed by atoms with Gasteiger partial charge in [-0.15, -0.1) is 0 Å². The molecule has 0 saturated carbocycles. The Hall–Kier alpha value is -2.09. The minimum atomic E-state index is -0.855. The molecule has 2 aromatic carbocycles. The molecule has 0 fully saturated rings. The van der Waals surface area contributed by atoms with Crippen molar-refractivity contribution >= 4 is 5.97 Å². The molecule has 0 heterocycles. The van der Waals surface area contributed by atoms with Crippen molar-refractivity contribution in [3.63, 3.8) is 0 Å². The van der Waals surface area contributed by atoms with Crippen molar-refractivity contribution in [1.29, 1.82) is 0 Å². The number of aromatic carboxylic acids is 1. The summed E-state index contributed by atoms with van der Waals surface area (Å²) in [6.45, 7) is 0. The monoisotopic (exact) mass is 310 g/mol. The van der Waals surface area contributed by atoms with Crippen LogP contribution in [-0.2, 0) is 12.8 Å². The van der Waals surface area contributed by atoms with Crippen molar-refractivity contribution in [1.82, 2.24) is 0 Å². The van der Waals surface area contributed by atoms with E-state index >= 15 is 0 Å². The predicted molar refractivity (Wildman–Crippen MR) is 95.0 cm³/mol. The molecule has 0 saturated heterocycles. The number of hydrogen-bond donors (Lipinski definition) is 1. The third kappa shape index (κ3) is 6.68. The van der Waals surface area contributed by atoms with Crippen LogP contribution in [0.15, 0.2) is 54.6 Å². The second kappa shape index (κ2) is 9.83. The molecule has 0 bridgehead atoms. The van der Waals surface area contributed by atoms with Gasteiger partial charge in [-0.1, -0.05) is 68.1 Å². The quantitative estimate of drug-likeness (QED) is 0.587. The third-order valence-corrected chi connectivity index (χ3v) is 4.22. The van der Waals surface area contributed by atoms with Gasteiger partial charge < -0.3 is 5.11 Å². The minimum absolute atomic E-state index is 0.368. The molecule has 2 nitrogen and oxygen atoms in total. The Morgan fingerprint density at radius 2 is 1.13 bits per heavy atom. The highest BCUT2D eigenvalue weighted by molar-refractivity contribution is 5.87. The van der Waals surface area contributed by atoms with Crippen LogP contribution in [0.1, 0.15) is 60.0 Å². The molecular weight excluding hydrogens is 284 g/mol. The third-order valence-electron chi connectivity index (χ3n) is 4.22. The van der Waals surface area contributed by atoms with Crippen LogP contribution < -0.4 is 0 Å². The maximum atomic E-state index is 10.8. The van der Waals surface area contributed by atoms with Crippen LogP contribution in [0, 0.1) is 0 Å². The summed E-state index contributed by atoms with van der Waals surface area (Å²) >= 11 is 0. The molecule has 0 aromatic heterocycles. The molecule has 122 valence electrons. The highest BCUT2D eigenvalue weighted by atomic mass is 16.4. The van der Waals surface area contributed by atoms with Crippen LogP contribution in [0.3, 0.4) is 0 Å². The fourth-order valence-corrected chi connectivity index (χ4v) is 2.82. The summed E-state index contributed by atoms with van der Waals surface area (Å²) in [5, 5.41) is 8.87. The number of carboxylic acids is 1. The molecule has 2 rings (SSSR count). The van der Waals surface area contributed by atoms with Crippen LogP contribution >= 0.6 is 0 Å². The molecule has 0 aliphatic rings. The van der Waals surface area contributed by atoms with Crippen LogP contribution in [0.5, 0.6) is 0 Å². The van der Waals surface area contributed by atoms with Crippen molar-refractivity contribution < 1.29 is 9.90 Å². The molecule has 0 amide bonds. The van der Waals surface area contributed by atoms with E-state index in [1.165, 1.54) is 56.1 Å². The second-order valence-corrected chi connectivity index (χ2v) is 6.11. The number of rotatable bonds is 10. The maximum absolute atomic E-state index is 10.8. The Kier molecular flexibility index (Phi) is 7.38. The lowest BCUT2D eigenvalue weighted by Gasteiger charge is -2.04. The van der Waals surface area contributed by atoms with Gasteiger partial charge in [0, 0.05) is 0 Å². The molecule has 0 aliphatic heterocycles. The number of benzene rings is 2. The first-order valence-electron chi connectivity index (χ1n) is 8.62. The fourth-order valence-electron chi connectivity index (χ4n) is 2.82. The van der Waals surface area contributed by atoms with E-state index in [-0.39, 0.29) is 0 Å². The van der Waals surface area contributed by atoms with Gasteiger partial charge in [-0.2, -0.15) is 0 Å². The summed E-state index contributed by atoms with van der Waals surface area (Å²) in [5.41, 5.74) is 3.04. The molecule has 23 heavy (non-hydrogen) atoms. The number of hydrogen-bond acceptors (Lipinski definition) is 1. The van der Waals surface area contributed by atoms with Crippen LogP contribution in [-0.4, -0.2) is 11.1 Å². The summed E-state index contributed by atoms with van der Waals surface area (Å²) in [5.74, 6) is -0.855. The molecule has 0 aliphatic carbocycles. The Labute approximate surface area is 139 Å². The average Bonchev–Trinajstić information content (AvgIpc) is 2.58. The molecule has 0 spiro atoms. The first-order valence-corrected chi connectivity index (χ1v) is 8.62. The van der Waals surface area contributed by atoms with Crippen LogP contribution in [0.2, 0.25) is 0 Å². The number of carbonyl (C=O) groups is 1. The molecule has 0 radical (unpaired) electrons. The SMILES string of the molecule is O=C(O)c1ccc(CCCCCCCCc2ccccc2)cc1. The Balaban J connectivity index is 1.50. The lowest BCUT2D eigenvalue weighted by molar-refractivity contribution is 0.0697. The van der Waals surface area contributed by atoms with Gasteiger partial charge in [0.1, 0.15) is 0 Å². The number of unbranched alkanes of at least 4 members (excludes halogenated alkanes) is 5. The molecule has 0 unspecified atom stereocenters. The van der Waals surface area contributed by atoms with Gasteiger partial charge in [-0.3, -0.25) is 0 Å². The van der Waals surface area contributed by atoms with Gasteiger partial charge in [0.05, 0.1) is 5.56 Å². The van der Waals surface area contributed by atoms with Gasteiger partial charge in [0.2, 0.25) is 0 Å². The van der Waals surface area contributed by atoms with Crippen LogP contribution in [0.25, 0.3) is 0 Å². The van der Waals surface area contributed by atoms with Gasteiger partial charge >= 0.3 is 5.97 Å². The summed E-state index contributed by atoms with van der Waals surface area (Å²) in [6, 6.07) is 18.0. The molecule has 2 aromatic rings. The van der Waals surface area contributed by atoms with E-state index in [9.17, 15) is 4.79 Å². The summed E-state index contributed by atoms with van der Waals surface area (Å²) in [7, 11) is 0. The van der Waals surface area contributed by atoms with Crippen molar-refractivity contribution in [2.45, 2.75) is 51.4 Å². The first-order chi connectivity index (χ1) is 11.3. The number of carboxylic acid groups (broad SMARTS) is 1. The smallest absolute Gasteiger partial charge is 0.335 e. The highest BCUT2D eigenvalue weighted by Crippen LogP contribution is 2.12. The normalized spacial score (nSPS) is 10.6. The molecule has 2 heteroatoms. The van der Waals surface area contributed by atoms with E-state index in [0.29, 0.717) is 5.56 Å². The first kappa shape index (κ1) is 17.3. The average molecular weight is 310 g/mol. The zero-order chi connectivity index (χ0) is 16.3. The van der Waals surface area contributed by atoms with Crippen molar-refractivity contribution in [2.24, 2.45) is 0 Å². The zero-order valence-electron chi connectivity index (χ0n) is 13.7. The second-order valence-electron chi connectivity index (χ2n) is 6.11. The topological polar surface area (TPSA) is 37.3 Å². The van der Waals surface area contributed by atoms with E-state index < -0.39 is 5.97 Å². The molecular formula is C21H26O2. The largest absolute Gasteiger partial charge is 0.478 e. The van der Waals surface area contributed by atoms with Gasteiger partial charge in [0.15, 0.2) is 0 Å². The number of aryl methyl sites for hydroxylation is 2. The lowest BCUT2D eigenvalue weighted by Crippen LogP contribution is -1.96. The zero-order valence-corrected chi connectivity index (χ0v) is 13.7. The van der Waals surface area contributed by atoms with E-state index in [1.54, 1.807) is 12.1 Å². The van der Waals surface area contributed by atoms with E-state index in [2.05, 4.69) is 30.3 Å².